The van der Waals surface area contributed by atoms with Crippen molar-refractivity contribution >= 4 is 5.97 Å². The molecule has 1 aromatic carbocycles. The Bertz CT molecular complexity index is 822. The maximum absolute atomic E-state index is 13.7. The minimum Gasteiger partial charge on any atom is -0.458 e. The highest BCUT2D eigenvalue weighted by Crippen LogP contribution is 2.42. The molecule has 0 bridgehead atoms. The highest BCUT2D eigenvalue weighted by Gasteiger charge is 2.59. The second kappa shape index (κ2) is 8.49. The Hall–Kier alpha value is -2.22. The number of carbonyl (C=O) groups is 1. The van der Waals surface area contributed by atoms with Gasteiger partial charge in [-0.1, -0.05) is 30.3 Å². The first-order valence-electron chi connectivity index (χ1n) is 10.8. The van der Waals surface area contributed by atoms with Gasteiger partial charge in [0.25, 0.3) is 0 Å². The fourth-order valence-electron chi connectivity index (χ4n) is 4.31. The molecule has 0 amide bonds. The fourth-order valence-corrected chi connectivity index (χ4v) is 4.31. The van der Waals surface area contributed by atoms with Crippen molar-refractivity contribution in [1.82, 2.24) is 20.0 Å². The molecule has 2 atom stereocenters. The minimum atomic E-state index is -0.898. The van der Waals surface area contributed by atoms with E-state index in [2.05, 4.69) is 20.0 Å². The third-order valence-electron chi connectivity index (χ3n) is 5.87. The van der Waals surface area contributed by atoms with Crippen molar-refractivity contribution < 1.29 is 14.3 Å². The summed E-state index contributed by atoms with van der Waals surface area (Å²) in [6.07, 6.45) is 4.62. The highest BCUT2D eigenvalue weighted by atomic mass is 16.6. The summed E-state index contributed by atoms with van der Waals surface area (Å²) in [5.41, 5.74) is 0.716. The third kappa shape index (κ3) is 4.43. The maximum atomic E-state index is 13.7. The number of nitrogens with one attached hydrogen (secondary N) is 1. The van der Waals surface area contributed by atoms with E-state index in [0.717, 1.165) is 44.7 Å². The van der Waals surface area contributed by atoms with Gasteiger partial charge in [-0.3, -0.25) is 10.00 Å². The normalized spacial score (nSPS) is 22.4. The van der Waals surface area contributed by atoms with Crippen LogP contribution in [0.15, 0.2) is 42.7 Å². The van der Waals surface area contributed by atoms with E-state index in [4.69, 9.17) is 9.47 Å². The van der Waals surface area contributed by atoms with E-state index >= 15 is 0 Å². The molecule has 162 valence electrons. The third-order valence-corrected chi connectivity index (χ3v) is 5.87. The van der Waals surface area contributed by atoms with E-state index in [-0.39, 0.29) is 12.1 Å². The summed E-state index contributed by atoms with van der Waals surface area (Å²) in [5, 5.41) is 6.89. The number of aromatic nitrogens is 2. The molecule has 0 spiro atoms. The Morgan fingerprint density at radius 1 is 1.20 bits per heavy atom. The monoisotopic (exact) mass is 412 g/mol. The lowest BCUT2D eigenvalue weighted by Crippen LogP contribution is -2.62. The van der Waals surface area contributed by atoms with Crippen LogP contribution in [-0.4, -0.2) is 77.0 Å². The van der Waals surface area contributed by atoms with Gasteiger partial charge in [-0.15, -0.1) is 0 Å². The molecule has 2 saturated heterocycles. The summed E-state index contributed by atoms with van der Waals surface area (Å²) >= 11 is 0. The van der Waals surface area contributed by atoms with Crippen molar-refractivity contribution in [3.63, 3.8) is 0 Å². The molecule has 7 nitrogen and oxygen atoms in total. The lowest BCUT2D eigenvalue weighted by molar-refractivity contribution is -0.174. The summed E-state index contributed by atoms with van der Waals surface area (Å²) < 4.78 is 11.7. The number of hydrogen-bond donors (Lipinski definition) is 1. The summed E-state index contributed by atoms with van der Waals surface area (Å²) in [5.74, 6) is -0.212. The zero-order chi connectivity index (χ0) is 21.2. The number of esters is 1. The number of carbonyl (C=O) groups excluding carboxylic acids is 1. The number of H-pyrrole nitrogens is 1. The molecular weight excluding hydrogens is 380 g/mol. The van der Waals surface area contributed by atoms with E-state index in [1.807, 2.05) is 63.5 Å². The van der Waals surface area contributed by atoms with Crippen LogP contribution in [0, 0.1) is 0 Å². The van der Waals surface area contributed by atoms with Gasteiger partial charge in [0.2, 0.25) is 0 Å². The van der Waals surface area contributed by atoms with Crippen LogP contribution >= 0.6 is 0 Å². The molecule has 0 saturated carbocycles. The number of piperazine rings is 1. The number of ether oxygens (including phenoxy) is 2. The average Bonchev–Trinajstić information content (AvgIpc) is 3.42. The molecule has 1 aromatic heterocycles. The predicted octanol–water partition coefficient (Wildman–Crippen LogP) is 2.21. The van der Waals surface area contributed by atoms with Crippen LogP contribution in [0.2, 0.25) is 0 Å². The van der Waals surface area contributed by atoms with Gasteiger partial charge in [0.05, 0.1) is 12.8 Å². The molecule has 0 radical (unpaired) electrons. The van der Waals surface area contributed by atoms with E-state index in [9.17, 15) is 4.79 Å². The molecule has 0 aliphatic carbocycles. The van der Waals surface area contributed by atoms with Gasteiger partial charge in [0.15, 0.2) is 5.54 Å². The minimum absolute atomic E-state index is 0.174. The second-order valence-corrected chi connectivity index (χ2v) is 9.14. The summed E-state index contributed by atoms with van der Waals surface area (Å²) in [7, 11) is 0. The first-order valence-corrected chi connectivity index (χ1v) is 10.8. The number of benzene rings is 1. The number of aromatic amines is 1. The van der Waals surface area contributed by atoms with Crippen LogP contribution in [0.25, 0.3) is 0 Å². The van der Waals surface area contributed by atoms with Crippen molar-refractivity contribution in [3.05, 3.63) is 53.9 Å². The SMILES string of the molecule is CC(C)(C)OC(=O)C(c1ccccc1)(C1CO1)N1CCN(CCc2cn[nH]c2)CC1. The van der Waals surface area contributed by atoms with E-state index in [0.29, 0.717) is 6.61 Å². The molecule has 2 aliphatic rings. The predicted molar refractivity (Wildman–Crippen MR) is 114 cm³/mol. The van der Waals surface area contributed by atoms with Gasteiger partial charge >= 0.3 is 5.97 Å². The Balaban J connectivity index is 1.54. The molecule has 1 N–H and O–H groups in total. The highest BCUT2D eigenvalue weighted by molar-refractivity contribution is 5.84. The van der Waals surface area contributed by atoms with Crippen LogP contribution in [-0.2, 0) is 26.2 Å². The Morgan fingerprint density at radius 2 is 1.90 bits per heavy atom. The molecule has 4 rings (SSSR count). The maximum Gasteiger partial charge on any atom is 0.334 e. The number of hydrogen-bond acceptors (Lipinski definition) is 6. The Kier molecular flexibility index (Phi) is 5.95. The number of epoxide rings is 1. The van der Waals surface area contributed by atoms with Crippen molar-refractivity contribution in [2.45, 2.75) is 44.4 Å². The van der Waals surface area contributed by atoms with Gasteiger partial charge in [-0.2, -0.15) is 5.10 Å². The fraction of sp³-hybridized carbons (Fsp3) is 0.565. The molecule has 30 heavy (non-hydrogen) atoms. The standard InChI is InChI=1S/C23H32N4O3/c1-22(2,3)30-21(28)23(20-17-29-20,19-7-5-4-6-8-19)27-13-11-26(12-14-27)10-9-18-15-24-25-16-18/h4-8,15-16,20H,9-14,17H2,1-3H3,(H,24,25). The van der Waals surface area contributed by atoms with Crippen molar-refractivity contribution in [2.24, 2.45) is 0 Å². The zero-order valence-electron chi connectivity index (χ0n) is 18.1. The zero-order valence-corrected chi connectivity index (χ0v) is 18.1. The van der Waals surface area contributed by atoms with Crippen molar-refractivity contribution in [2.75, 3.05) is 39.3 Å². The molecule has 2 aliphatic heterocycles. The largest absolute Gasteiger partial charge is 0.458 e. The number of nitrogens with zero attached hydrogens (tertiary/aromatic N) is 3. The summed E-state index contributed by atoms with van der Waals surface area (Å²) in [6.45, 7) is 10.7. The molecule has 3 heterocycles. The van der Waals surface area contributed by atoms with Gasteiger partial charge in [-0.05, 0) is 38.3 Å². The van der Waals surface area contributed by atoms with Gasteiger partial charge in [0, 0.05) is 38.9 Å². The van der Waals surface area contributed by atoms with Crippen LogP contribution in [0.5, 0.6) is 0 Å². The van der Waals surface area contributed by atoms with Gasteiger partial charge in [-0.25, -0.2) is 4.79 Å². The first kappa shape index (κ1) is 21.0. The second-order valence-electron chi connectivity index (χ2n) is 9.14. The van der Waals surface area contributed by atoms with Crippen molar-refractivity contribution in [3.8, 4) is 0 Å². The van der Waals surface area contributed by atoms with E-state index < -0.39 is 11.1 Å². The van der Waals surface area contributed by atoms with Crippen LogP contribution in [0.3, 0.4) is 0 Å². The van der Waals surface area contributed by atoms with Crippen LogP contribution in [0.4, 0.5) is 0 Å². The van der Waals surface area contributed by atoms with Gasteiger partial charge < -0.3 is 14.4 Å². The van der Waals surface area contributed by atoms with Crippen LogP contribution in [0.1, 0.15) is 31.9 Å². The Morgan fingerprint density at radius 3 is 2.47 bits per heavy atom. The topological polar surface area (TPSA) is 74.0 Å². The smallest absolute Gasteiger partial charge is 0.334 e. The molecule has 7 heteroatoms. The molecule has 2 fully saturated rings. The Labute approximate surface area is 178 Å². The summed E-state index contributed by atoms with van der Waals surface area (Å²) in [4.78, 5) is 18.4. The lowest BCUT2D eigenvalue weighted by atomic mass is 9.83. The number of rotatable bonds is 7. The van der Waals surface area contributed by atoms with E-state index in [1.165, 1.54) is 5.56 Å². The summed E-state index contributed by atoms with van der Waals surface area (Å²) in [6, 6.07) is 9.99. The lowest BCUT2D eigenvalue weighted by Gasteiger charge is -2.46. The van der Waals surface area contributed by atoms with Gasteiger partial charge in [0.1, 0.15) is 11.7 Å². The van der Waals surface area contributed by atoms with Crippen LogP contribution < -0.4 is 0 Å². The average molecular weight is 413 g/mol. The molecule has 2 aromatic rings. The van der Waals surface area contributed by atoms with E-state index in [1.54, 1.807) is 0 Å². The first-order chi connectivity index (χ1) is 14.4. The molecular formula is C23H32N4O3. The quantitative estimate of drug-likeness (QED) is 0.555. The van der Waals surface area contributed by atoms with Crippen molar-refractivity contribution in [1.29, 1.82) is 0 Å². The molecule has 2 unspecified atom stereocenters.